The Morgan fingerprint density at radius 1 is 1.62 bits per heavy atom. The van der Waals surface area contributed by atoms with E-state index in [4.69, 9.17) is 4.74 Å². The molecular weight excluding hydrogens is 182 g/mol. The summed E-state index contributed by atoms with van der Waals surface area (Å²) in [5, 5.41) is 0. The lowest BCUT2D eigenvalue weighted by molar-refractivity contribution is 0.397. The molecule has 2 nitrogen and oxygen atoms in total. The lowest BCUT2D eigenvalue weighted by atomic mass is 10.2. The van der Waals surface area contributed by atoms with Crippen LogP contribution in [0.15, 0.2) is 24.4 Å². The second kappa shape index (κ2) is 5.65. The predicted molar refractivity (Wildman–Crippen MR) is 58.3 cm³/mol. The molecule has 1 aromatic heterocycles. The van der Waals surface area contributed by atoms with E-state index in [1.54, 1.807) is 13.3 Å². The molecule has 0 N–H and O–H groups in total. The van der Waals surface area contributed by atoms with Gasteiger partial charge < -0.3 is 4.74 Å². The van der Waals surface area contributed by atoms with Gasteiger partial charge in [0.25, 0.3) is 0 Å². The molecule has 0 fully saturated rings. The van der Waals surface area contributed by atoms with Crippen LogP contribution in [0, 0.1) is 0 Å². The van der Waals surface area contributed by atoms with Gasteiger partial charge in [-0.15, -0.1) is 0 Å². The van der Waals surface area contributed by atoms with Gasteiger partial charge in [0.2, 0.25) is 5.88 Å². The second-order valence-electron chi connectivity index (χ2n) is 2.52. The molecule has 0 aliphatic heterocycles. The van der Waals surface area contributed by atoms with E-state index in [1.165, 1.54) is 0 Å². The first kappa shape index (κ1) is 10.1. The number of allylic oxidation sites excluding steroid dienone is 1. The lowest BCUT2D eigenvalue weighted by Gasteiger charge is -2.01. The lowest BCUT2D eigenvalue weighted by Crippen LogP contribution is -1.89. The van der Waals surface area contributed by atoms with Crippen LogP contribution in [0.5, 0.6) is 5.88 Å². The van der Waals surface area contributed by atoms with Crippen molar-refractivity contribution in [2.45, 2.75) is 6.42 Å². The van der Waals surface area contributed by atoms with Crippen LogP contribution in [0.2, 0.25) is 0 Å². The van der Waals surface area contributed by atoms with E-state index in [-0.39, 0.29) is 0 Å². The summed E-state index contributed by atoms with van der Waals surface area (Å²) in [6, 6.07) is 3.86. The van der Waals surface area contributed by atoms with Crippen LogP contribution in [0.3, 0.4) is 0 Å². The number of pyridine rings is 1. The zero-order chi connectivity index (χ0) is 9.52. The standard InChI is InChI=1S/C10H13NOS/c1-12-10-9(5-2-3-8-13)6-4-7-11-10/h2,4-7,13H,3,8H2,1H3. The topological polar surface area (TPSA) is 22.1 Å². The van der Waals surface area contributed by atoms with Crippen molar-refractivity contribution in [1.29, 1.82) is 0 Å². The van der Waals surface area contributed by atoms with Gasteiger partial charge in [0.05, 0.1) is 7.11 Å². The van der Waals surface area contributed by atoms with E-state index in [0.29, 0.717) is 5.88 Å². The normalized spacial score (nSPS) is 10.6. The van der Waals surface area contributed by atoms with E-state index >= 15 is 0 Å². The monoisotopic (exact) mass is 195 g/mol. The molecule has 70 valence electrons. The molecule has 1 aromatic rings. The summed E-state index contributed by atoms with van der Waals surface area (Å²) in [6.07, 6.45) is 6.74. The highest BCUT2D eigenvalue weighted by atomic mass is 32.1. The van der Waals surface area contributed by atoms with Crippen molar-refractivity contribution >= 4 is 18.7 Å². The Labute approximate surface area is 84.1 Å². The second-order valence-corrected chi connectivity index (χ2v) is 2.96. The van der Waals surface area contributed by atoms with Crippen LogP contribution in [0.1, 0.15) is 12.0 Å². The van der Waals surface area contributed by atoms with Gasteiger partial charge in [-0.3, -0.25) is 0 Å². The summed E-state index contributed by atoms with van der Waals surface area (Å²) < 4.78 is 5.09. The Balaban J connectivity index is 2.74. The van der Waals surface area contributed by atoms with Gasteiger partial charge in [0, 0.05) is 11.8 Å². The highest BCUT2D eigenvalue weighted by molar-refractivity contribution is 7.80. The van der Waals surface area contributed by atoms with Crippen molar-refractivity contribution in [1.82, 2.24) is 4.98 Å². The summed E-state index contributed by atoms with van der Waals surface area (Å²) in [5.41, 5.74) is 1.01. The molecule has 0 saturated heterocycles. The maximum Gasteiger partial charge on any atom is 0.220 e. The average Bonchev–Trinajstić information content (AvgIpc) is 2.19. The van der Waals surface area contributed by atoms with Crippen LogP contribution in [0.25, 0.3) is 6.08 Å². The van der Waals surface area contributed by atoms with Crippen LogP contribution in [-0.4, -0.2) is 17.8 Å². The summed E-state index contributed by atoms with van der Waals surface area (Å²) in [4.78, 5) is 4.08. The first-order valence-electron chi connectivity index (χ1n) is 4.15. The molecule has 0 atom stereocenters. The van der Waals surface area contributed by atoms with Crippen molar-refractivity contribution in [2.75, 3.05) is 12.9 Å². The number of ether oxygens (including phenoxy) is 1. The molecule has 13 heavy (non-hydrogen) atoms. The van der Waals surface area contributed by atoms with Crippen LogP contribution in [-0.2, 0) is 0 Å². The van der Waals surface area contributed by atoms with Gasteiger partial charge in [-0.1, -0.05) is 12.2 Å². The molecule has 0 aliphatic rings. The highest BCUT2D eigenvalue weighted by Gasteiger charge is 1.96. The Morgan fingerprint density at radius 2 is 2.46 bits per heavy atom. The van der Waals surface area contributed by atoms with Gasteiger partial charge in [-0.2, -0.15) is 12.6 Å². The molecule has 0 aliphatic carbocycles. The van der Waals surface area contributed by atoms with Gasteiger partial charge >= 0.3 is 0 Å². The summed E-state index contributed by atoms with van der Waals surface area (Å²) in [6.45, 7) is 0. The van der Waals surface area contributed by atoms with Crippen LogP contribution < -0.4 is 4.74 Å². The largest absolute Gasteiger partial charge is 0.481 e. The van der Waals surface area contributed by atoms with Gasteiger partial charge in [-0.25, -0.2) is 4.98 Å². The van der Waals surface area contributed by atoms with Crippen molar-refractivity contribution < 1.29 is 4.74 Å². The van der Waals surface area contributed by atoms with Crippen LogP contribution in [0.4, 0.5) is 0 Å². The SMILES string of the molecule is COc1ncccc1C=CCCS. The fraction of sp³-hybridized carbons (Fsp3) is 0.300. The quantitative estimate of drug-likeness (QED) is 0.745. The number of methoxy groups -OCH3 is 1. The highest BCUT2D eigenvalue weighted by Crippen LogP contribution is 2.15. The molecule has 3 heteroatoms. The molecule has 0 radical (unpaired) electrons. The van der Waals surface area contributed by atoms with E-state index < -0.39 is 0 Å². The third-order valence-electron chi connectivity index (χ3n) is 1.59. The Kier molecular flexibility index (Phi) is 4.40. The summed E-state index contributed by atoms with van der Waals surface area (Å²) >= 11 is 4.12. The number of hydrogen-bond donors (Lipinski definition) is 1. The molecule has 0 unspecified atom stereocenters. The Morgan fingerprint density at radius 3 is 3.15 bits per heavy atom. The van der Waals surface area contributed by atoms with Crippen molar-refractivity contribution in [2.24, 2.45) is 0 Å². The first-order chi connectivity index (χ1) is 6.38. The third-order valence-corrected chi connectivity index (χ3v) is 1.85. The van der Waals surface area contributed by atoms with Gasteiger partial charge in [-0.05, 0) is 24.3 Å². The van der Waals surface area contributed by atoms with E-state index in [9.17, 15) is 0 Å². The summed E-state index contributed by atoms with van der Waals surface area (Å²) in [7, 11) is 1.62. The maximum absolute atomic E-state index is 5.09. The number of nitrogens with zero attached hydrogens (tertiary/aromatic N) is 1. The maximum atomic E-state index is 5.09. The molecule has 0 bridgehead atoms. The first-order valence-corrected chi connectivity index (χ1v) is 4.78. The van der Waals surface area contributed by atoms with Crippen molar-refractivity contribution in [3.8, 4) is 5.88 Å². The summed E-state index contributed by atoms with van der Waals surface area (Å²) in [5.74, 6) is 1.52. The van der Waals surface area contributed by atoms with Gasteiger partial charge in [0.15, 0.2) is 0 Å². The fourth-order valence-electron chi connectivity index (χ4n) is 0.985. The number of rotatable bonds is 4. The molecule has 1 heterocycles. The molecule has 0 saturated carbocycles. The molecule has 0 spiro atoms. The van der Waals surface area contributed by atoms with Crippen LogP contribution >= 0.6 is 12.6 Å². The number of hydrogen-bond acceptors (Lipinski definition) is 3. The minimum atomic E-state index is 0.665. The van der Waals surface area contributed by atoms with E-state index in [2.05, 4.69) is 23.7 Å². The molecule has 0 amide bonds. The molecular formula is C10H13NOS. The minimum Gasteiger partial charge on any atom is -0.481 e. The predicted octanol–water partition coefficient (Wildman–Crippen LogP) is 2.42. The third kappa shape index (κ3) is 3.11. The zero-order valence-electron chi connectivity index (χ0n) is 7.60. The van der Waals surface area contributed by atoms with Gasteiger partial charge in [0.1, 0.15) is 0 Å². The zero-order valence-corrected chi connectivity index (χ0v) is 8.50. The van der Waals surface area contributed by atoms with Crippen molar-refractivity contribution in [3.05, 3.63) is 30.0 Å². The smallest absolute Gasteiger partial charge is 0.220 e. The average molecular weight is 195 g/mol. The molecule has 0 aromatic carbocycles. The molecule has 1 rings (SSSR count). The Hall–Kier alpha value is -0.960. The number of aromatic nitrogens is 1. The van der Waals surface area contributed by atoms with E-state index in [1.807, 2.05) is 18.2 Å². The fourth-order valence-corrected chi connectivity index (χ4v) is 1.13. The number of thiol groups is 1. The Bertz CT molecular complexity index is 286. The minimum absolute atomic E-state index is 0.665. The van der Waals surface area contributed by atoms with E-state index in [0.717, 1.165) is 17.7 Å². The van der Waals surface area contributed by atoms with Crippen molar-refractivity contribution in [3.63, 3.8) is 0 Å².